The standard InChI is InChI=1S/C21H26F3N3O3S2/c22-21(23,24)19-14-18(32(25,28)29)6-7-20(19)26-16(8-9-27-10-12-30-13-11-27)15-31-17-4-2-1-3-5-17/h1-7,14,16,26H,8-13,15H2,(H2,25,28,29)/t16-/m1/s1. The lowest BCUT2D eigenvalue weighted by molar-refractivity contribution is -0.137. The molecule has 0 aliphatic carbocycles. The molecule has 1 heterocycles. The average Bonchev–Trinajstić information content (AvgIpc) is 2.76. The maximum absolute atomic E-state index is 13.7. The molecular weight excluding hydrogens is 463 g/mol. The van der Waals surface area contributed by atoms with Crippen molar-refractivity contribution in [3.63, 3.8) is 0 Å². The number of anilines is 1. The fourth-order valence-electron chi connectivity index (χ4n) is 3.35. The van der Waals surface area contributed by atoms with E-state index in [2.05, 4.69) is 10.2 Å². The number of nitrogens with one attached hydrogen (secondary N) is 1. The van der Waals surface area contributed by atoms with Crippen LogP contribution in [0, 0.1) is 0 Å². The maximum Gasteiger partial charge on any atom is 0.418 e. The van der Waals surface area contributed by atoms with Gasteiger partial charge in [0.1, 0.15) is 0 Å². The Morgan fingerprint density at radius 2 is 1.81 bits per heavy atom. The van der Waals surface area contributed by atoms with E-state index in [1.54, 1.807) is 11.8 Å². The van der Waals surface area contributed by atoms with Gasteiger partial charge in [-0.05, 0) is 36.8 Å². The van der Waals surface area contributed by atoms with Crippen LogP contribution in [0.1, 0.15) is 12.0 Å². The predicted octanol–water partition coefficient (Wildman–Crippen LogP) is 3.65. The van der Waals surface area contributed by atoms with Gasteiger partial charge in [-0.3, -0.25) is 4.90 Å². The quantitative estimate of drug-likeness (QED) is 0.523. The van der Waals surface area contributed by atoms with Crippen LogP contribution in [0.25, 0.3) is 0 Å². The number of hydrogen-bond donors (Lipinski definition) is 2. The molecule has 3 N–H and O–H groups in total. The third-order valence-corrected chi connectivity index (χ3v) is 7.16. The van der Waals surface area contributed by atoms with Crippen molar-refractivity contribution in [3.8, 4) is 0 Å². The molecule has 1 aliphatic heterocycles. The second-order valence-corrected chi connectivity index (χ2v) is 10.1. The molecule has 11 heteroatoms. The zero-order valence-corrected chi connectivity index (χ0v) is 19.0. The van der Waals surface area contributed by atoms with Crippen LogP contribution in [-0.2, 0) is 20.9 Å². The molecule has 1 saturated heterocycles. The first-order valence-corrected chi connectivity index (χ1v) is 12.6. The molecule has 0 radical (unpaired) electrons. The van der Waals surface area contributed by atoms with E-state index >= 15 is 0 Å². The number of sulfonamides is 1. The molecule has 1 fully saturated rings. The molecule has 0 amide bonds. The summed E-state index contributed by atoms with van der Waals surface area (Å²) < 4.78 is 69.5. The highest BCUT2D eigenvalue weighted by Gasteiger charge is 2.35. The molecule has 2 aromatic rings. The molecule has 6 nitrogen and oxygen atoms in total. The summed E-state index contributed by atoms with van der Waals surface area (Å²) >= 11 is 1.55. The van der Waals surface area contributed by atoms with Crippen molar-refractivity contribution in [2.45, 2.75) is 28.4 Å². The van der Waals surface area contributed by atoms with E-state index in [0.717, 1.165) is 30.1 Å². The third kappa shape index (κ3) is 7.38. The first kappa shape index (κ1) is 24.8. The van der Waals surface area contributed by atoms with E-state index in [1.807, 2.05) is 30.3 Å². The van der Waals surface area contributed by atoms with E-state index in [-0.39, 0.29) is 11.7 Å². The zero-order valence-electron chi connectivity index (χ0n) is 17.3. The summed E-state index contributed by atoms with van der Waals surface area (Å²) in [6.45, 7) is 3.58. The number of nitrogens with zero attached hydrogens (tertiary/aromatic N) is 1. The Kier molecular flexibility index (Phi) is 8.45. The Labute approximate surface area is 190 Å². The molecule has 1 atom stereocenters. The van der Waals surface area contributed by atoms with Crippen molar-refractivity contribution in [3.05, 3.63) is 54.1 Å². The minimum absolute atomic E-state index is 0.162. The Morgan fingerprint density at radius 1 is 1.12 bits per heavy atom. The highest BCUT2D eigenvalue weighted by molar-refractivity contribution is 7.99. The lowest BCUT2D eigenvalue weighted by Crippen LogP contribution is -2.39. The van der Waals surface area contributed by atoms with E-state index in [4.69, 9.17) is 9.88 Å². The molecule has 0 aromatic heterocycles. The minimum atomic E-state index is -4.73. The van der Waals surface area contributed by atoms with Gasteiger partial charge >= 0.3 is 6.18 Å². The summed E-state index contributed by atoms with van der Waals surface area (Å²) in [5, 5.41) is 8.04. The number of primary sulfonamides is 1. The highest BCUT2D eigenvalue weighted by Crippen LogP contribution is 2.37. The molecular formula is C21H26F3N3O3S2. The number of ether oxygens (including phenoxy) is 1. The number of benzene rings is 2. The van der Waals surface area contributed by atoms with Crippen LogP contribution in [0.5, 0.6) is 0 Å². The van der Waals surface area contributed by atoms with Crippen LogP contribution in [0.15, 0.2) is 58.3 Å². The van der Waals surface area contributed by atoms with Gasteiger partial charge in [0.2, 0.25) is 10.0 Å². The molecule has 0 bridgehead atoms. The van der Waals surface area contributed by atoms with Gasteiger partial charge in [-0.15, -0.1) is 11.8 Å². The monoisotopic (exact) mass is 489 g/mol. The van der Waals surface area contributed by atoms with Crippen LogP contribution in [-0.4, -0.2) is 58.0 Å². The van der Waals surface area contributed by atoms with E-state index < -0.39 is 26.7 Å². The number of halogens is 3. The van der Waals surface area contributed by atoms with Crippen LogP contribution < -0.4 is 10.5 Å². The zero-order chi connectivity index (χ0) is 23.2. The van der Waals surface area contributed by atoms with E-state index in [0.29, 0.717) is 38.0 Å². The van der Waals surface area contributed by atoms with Crippen LogP contribution >= 0.6 is 11.8 Å². The fraction of sp³-hybridized carbons (Fsp3) is 0.429. The number of nitrogens with two attached hydrogens (primary N) is 1. The number of morpholine rings is 1. The van der Waals surface area contributed by atoms with Gasteiger partial charge < -0.3 is 10.1 Å². The number of hydrogen-bond acceptors (Lipinski definition) is 6. The molecule has 0 spiro atoms. The maximum atomic E-state index is 13.7. The first-order valence-electron chi connectivity index (χ1n) is 10.1. The summed E-state index contributed by atoms with van der Waals surface area (Å²) in [6, 6.07) is 12.2. The Bertz CT molecular complexity index is 983. The molecule has 1 aliphatic rings. The SMILES string of the molecule is NS(=O)(=O)c1ccc(N[C@H](CCN2CCOCC2)CSc2ccccc2)c(C(F)(F)F)c1. The Balaban J connectivity index is 1.80. The van der Waals surface area contributed by atoms with Crippen LogP contribution in [0.2, 0.25) is 0 Å². The van der Waals surface area contributed by atoms with Crippen molar-refractivity contribution in [1.82, 2.24) is 4.90 Å². The van der Waals surface area contributed by atoms with E-state index in [1.165, 1.54) is 0 Å². The van der Waals surface area contributed by atoms with Crippen molar-refractivity contribution in [2.75, 3.05) is 43.9 Å². The number of rotatable bonds is 9. The fourth-order valence-corrected chi connectivity index (χ4v) is 4.89. The van der Waals surface area contributed by atoms with Gasteiger partial charge in [-0.1, -0.05) is 18.2 Å². The number of alkyl halides is 3. The van der Waals surface area contributed by atoms with Gasteiger partial charge in [0.15, 0.2) is 0 Å². The summed E-state index contributed by atoms with van der Waals surface area (Å²) in [5.41, 5.74) is -1.21. The lowest BCUT2D eigenvalue weighted by Gasteiger charge is -2.29. The number of thioether (sulfide) groups is 1. The van der Waals surface area contributed by atoms with Crippen molar-refractivity contribution in [2.24, 2.45) is 5.14 Å². The van der Waals surface area contributed by atoms with E-state index in [9.17, 15) is 21.6 Å². The topological polar surface area (TPSA) is 84.7 Å². The predicted molar refractivity (Wildman–Crippen MR) is 119 cm³/mol. The molecule has 32 heavy (non-hydrogen) atoms. The first-order chi connectivity index (χ1) is 15.1. The summed E-state index contributed by atoms with van der Waals surface area (Å²) in [7, 11) is -4.25. The second kappa shape index (κ2) is 10.9. The van der Waals surface area contributed by atoms with Crippen molar-refractivity contribution < 1.29 is 26.3 Å². The smallest absolute Gasteiger partial charge is 0.381 e. The molecule has 3 rings (SSSR count). The summed E-state index contributed by atoms with van der Waals surface area (Å²) in [5.74, 6) is 0.544. The largest absolute Gasteiger partial charge is 0.418 e. The van der Waals surface area contributed by atoms with Crippen LogP contribution in [0.3, 0.4) is 0 Å². The van der Waals surface area contributed by atoms with Gasteiger partial charge in [0.25, 0.3) is 0 Å². The summed E-state index contributed by atoms with van der Waals surface area (Å²) in [4.78, 5) is 2.67. The van der Waals surface area contributed by atoms with Crippen molar-refractivity contribution in [1.29, 1.82) is 0 Å². The molecule has 0 saturated carbocycles. The minimum Gasteiger partial charge on any atom is -0.381 e. The van der Waals surface area contributed by atoms with Crippen molar-refractivity contribution >= 4 is 27.5 Å². The molecule has 0 unspecified atom stereocenters. The molecule has 2 aromatic carbocycles. The van der Waals surface area contributed by atoms with Gasteiger partial charge in [0, 0.05) is 42.0 Å². The second-order valence-electron chi connectivity index (χ2n) is 7.46. The lowest BCUT2D eigenvalue weighted by atomic mass is 10.1. The normalized spacial score (nSPS) is 16.6. The van der Waals surface area contributed by atoms with Crippen LogP contribution in [0.4, 0.5) is 18.9 Å². The molecule has 176 valence electrons. The van der Waals surface area contributed by atoms with Gasteiger partial charge in [-0.2, -0.15) is 13.2 Å². The average molecular weight is 490 g/mol. The van der Waals surface area contributed by atoms with Gasteiger partial charge in [-0.25, -0.2) is 13.6 Å². The third-order valence-electron chi connectivity index (χ3n) is 5.08. The Hall–Kier alpha value is -1.79. The Morgan fingerprint density at radius 3 is 2.44 bits per heavy atom. The summed E-state index contributed by atoms with van der Waals surface area (Å²) in [6.07, 6.45) is -4.11. The van der Waals surface area contributed by atoms with Gasteiger partial charge in [0.05, 0.1) is 23.7 Å². The highest BCUT2D eigenvalue weighted by atomic mass is 32.2.